The van der Waals surface area contributed by atoms with Gasteiger partial charge in [-0.2, -0.15) is 0 Å². The van der Waals surface area contributed by atoms with E-state index in [0.717, 1.165) is 38.6 Å². The molecule has 0 unspecified atom stereocenters. The number of piperazine rings is 1. The zero-order valence-electron chi connectivity index (χ0n) is 14.0. The van der Waals surface area contributed by atoms with Crippen LogP contribution in [0.5, 0.6) is 0 Å². The number of likely N-dealkylation sites (tertiary alicyclic amines) is 1. The van der Waals surface area contributed by atoms with E-state index in [1.54, 1.807) is 4.90 Å². The fourth-order valence-corrected chi connectivity index (χ4v) is 3.23. The third-order valence-corrected chi connectivity index (χ3v) is 4.71. The Hall–Kier alpha value is -0.850. The number of carbonyl (C=O) groups excluding carboxylic acids is 1. The first-order chi connectivity index (χ1) is 10.6. The summed E-state index contributed by atoms with van der Waals surface area (Å²) in [6.45, 7) is 11.2. The molecular formula is C16H31N3O3. The fraction of sp³-hybridized carbons (Fsp3) is 0.938. The largest absolute Gasteiger partial charge is 0.450 e. The first-order valence-electron chi connectivity index (χ1n) is 8.63. The van der Waals surface area contributed by atoms with E-state index in [1.807, 2.05) is 6.92 Å². The second-order valence-corrected chi connectivity index (χ2v) is 6.62. The Morgan fingerprint density at radius 1 is 1.09 bits per heavy atom. The van der Waals surface area contributed by atoms with Gasteiger partial charge in [-0.1, -0.05) is 6.92 Å². The van der Waals surface area contributed by atoms with Crippen molar-refractivity contribution < 1.29 is 14.6 Å². The lowest BCUT2D eigenvalue weighted by atomic mass is 9.99. The first kappa shape index (κ1) is 17.5. The van der Waals surface area contributed by atoms with Crippen LogP contribution in [0.15, 0.2) is 0 Å². The molecule has 2 aliphatic heterocycles. The summed E-state index contributed by atoms with van der Waals surface area (Å²) in [4.78, 5) is 18.0. The van der Waals surface area contributed by atoms with E-state index >= 15 is 0 Å². The molecule has 0 aromatic heterocycles. The lowest BCUT2D eigenvalue weighted by Gasteiger charge is -2.36. The highest BCUT2D eigenvalue weighted by Gasteiger charge is 2.24. The number of β-amino-alcohol motifs (C(OH)–C–C–N with tert-alkyl or cyclic N) is 1. The highest BCUT2D eigenvalue weighted by Crippen LogP contribution is 2.16. The van der Waals surface area contributed by atoms with Gasteiger partial charge in [0.05, 0.1) is 12.7 Å². The lowest BCUT2D eigenvalue weighted by molar-refractivity contribution is 0.0386. The van der Waals surface area contributed by atoms with Crippen LogP contribution in [0.1, 0.15) is 26.7 Å². The number of hydrogen-bond acceptors (Lipinski definition) is 5. The highest BCUT2D eigenvalue weighted by molar-refractivity contribution is 5.67. The van der Waals surface area contributed by atoms with Gasteiger partial charge in [0.1, 0.15) is 0 Å². The molecule has 22 heavy (non-hydrogen) atoms. The maximum Gasteiger partial charge on any atom is 0.409 e. The van der Waals surface area contributed by atoms with E-state index in [9.17, 15) is 9.90 Å². The van der Waals surface area contributed by atoms with Crippen LogP contribution in [-0.2, 0) is 4.74 Å². The van der Waals surface area contributed by atoms with E-state index in [4.69, 9.17) is 4.74 Å². The Morgan fingerprint density at radius 2 is 1.64 bits per heavy atom. The van der Waals surface area contributed by atoms with Gasteiger partial charge in [0.25, 0.3) is 0 Å². The molecule has 2 rings (SSSR count). The highest BCUT2D eigenvalue weighted by atomic mass is 16.6. The molecule has 0 bridgehead atoms. The molecule has 128 valence electrons. The number of aliphatic hydroxyl groups excluding tert-OH is 1. The summed E-state index contributed by atoms with van der Waals surface area (Å²) in [5.74, 6) is 0.823. The number of aliphatic hydroxyl groups is 1. The Balaban J connectivity index is 1.64. The maximum atomic E-state index is 11.6. The molecule has 0 radical (unpaired) electrons. The molecule has 1 amide bonds. The smallest absolute Gasteiger partial charge is 0.409 e. The van der Waals surface area contributed by atoms with Crippen LogP contribution in [0.25, 0.3) is 0 Å². The predicted octanol–water partition coefficient (Wildman–Crippen LogP) is 0.853. The quantitative estimate of drug-likeness (QED) is 0.816. The SMILES string of the molecule is CCOC(=O)N1CCN(C[C@H](O)CN2CCC(C)CC2)CC1. The zero-order chi connectivity index (χ0) is 15.9. The summed E-state index contributed by atoms with van der Waals surface area (Å²) >= 11 is 0. The number of ether oxygens (including phenoxy) is 1. The third kappa shape index (κ3) is 5.41. The Morgan fingerprint density at radius 3 is 2.18 bits per heavy atom. The number of amides is 1. The standard InChI is InChI=1S/C16H31N3O3/c1-3-22-16(21)19-10-8-18(9-11-19)13-15(20)12-17-6-4-14(2)5-7-17/h14-15,20H,3-13H2,1-2H3/t15-/m1/s1. The monoisotopic (exact) mass is 313 g/mol. The molecule has 6 nitrogen and oxygen atoms in total. The maximum absolute atomic E-state index is 11.6. The van der Waals surface area contributed by atoms with Gasteiger partial charge in [-0.15, -0.1) is 0 Å². The Kier molecular flexibility index (Phi) is 6.92. The van der Waals surface area contributed by atoms with Gasteiger partial charge in [0.2, 0.25) is 0 Å². The van der Waals surface area contributed by atoms with Crippen LogP contribution in [0.4, 0.5) is 4.79 Å². The molecule has 0 aromatic rings. The molecule has 1 atom stereocenters. The van der Waals surface area contributed by atoms with E-state index in [2.05, 4.69) is 16.7 Å². The molecule has 0 saturated carbocycles. The van der Waals surface area contributed by atoms with Crippen molar-refractivity contribution in [2.45, 2.75) is 32.8 Å². The summed E-state index contributed by atoms with van der Waals surface area (Å²) in [7, 11) is 0. The molecule has 0 aromatic carbocycles. The molecule has 1 N–H and O–H groups in total. The van der Waals surface area contributed by atoms with Gasteiger partial charge in [0, 0.05) is 39.3 Å². The number of nitrogens with zero attached hydrogens (tertiary/aromatic N) is 3. The topological polar surface area (TPSA) is 56.3 Å². The van der Waals surface area contributed by atoms with Gasteiger partial charge < -0.3 is 19.6 Å². The van der Waals surface area contributed by atoms with E-state index in [-0.39, 0.29) is 12.2 Å². The van der Waals surface area contributed by atoms with Crippen molar-refractivity contribution >= 4 is 6.09 Å². The van der Waals surface area contributed by atoms with Crippen LogP contribution >= 0.6 is 0 Å². The molecular weight excluding hydrogens is 282 g/mol. The van der Waals surface area contributed by atoms with E-state index in [0.29, 0.717) is 26.2 Å². The van der Waals surface area contributed by atoms with Crippen LogP contribution in [0.3, 0.4) is 0 Å². The second kappa shape index (κ2) is 8.70. The van der Waals surface area contributed by atoms with Gasteiger partial charge in [-0.05, 0) is 38.8 Å². The van der Waals surface area contributed by atoms with Crippen LogP contribution in [-0.4, -0.2) is 91.0 Å². The van der Waals surface area contributed by atoms with Crippen molar-refractivity contribution in [2.75, 3.05) is 59.0 Å². The minimum Gasteiger partial charge on any atom is -0.450 e. The molecule has 2 aliphatic rings. The van der Waals surface area contributed by atoms with Crippen LogP contribution in [0.2, 0.25) is 0 Å². The molecule has 0 spiro atoms. The van der Waals surface area contributed by atoms with Crippen LogP contribution < -0.4 is 0 Å². The number of hydrogen-bond donors (Lipinski definition) is 1. The predicted molar refractivity (Wildman–Crippen MR) is 85.9 cm³/mol. The number of piperidine rings is 1. The van der Waals surface area contributed by atoms with Gasteiger partial charge in [-0.3, -0.25) is 4.90 Å². The number of rotatable bonds is 5. The van der Waals surface area contributed by atoms with Crippen molar-refractivity contribution in [3.8, 4) is 0 Å². The van der Waals surface area contributed by atoms with E-state index < -0.39 is 0 Å². The minimum atomic E-state index is -0.303. The zero-order valence-corrected chi connectivity index (χ0v) is 14.0. The summed E-state index contributed by atoms with van der Waals surface area (Å²) < 4.78 is 5.02. The Labute approximate surface area is 134 Å². The molecule has 2 saturated heterocycles. The summed E-state index contributed by atoms with van der Waals surface area (Å²) in [5, 5.41) is 10.3. The van der Waals surface area contributed by atoms with E-state index in [1.165, 1.54) is 12.8 Å². The fourth-order valence-electron chi connectivity index (χ4n) is 3.23. The molecule has 2 heterocycles. The third-order valence-electron chi connectivity index (χ3n) is 4.71. The van der Waals surface area contributed by atoms with Gasteiger partial charge in [-0.25, -0.2) is 4.79 Å². The first-order valence-corrected chi connectivity index (χ1v) is 8.63. The van der Waals surface area contributed by atoms with Gasteiger partial charge in [0.15, 0.2) is 0 Å². The Bertz CT molecular complexity index is 338. The van der Waals surface area contributed by atoms with Crippen molar-refractivity contribution in [1.82, 2.24) is 14.7 Å². The average Bonchev–Trinajstić information content (AvgIpc) is 2.50. The average molecular weight is 313 g/mol. The normalized spacial score (nSPS) is 23.5. The molecule has 2 fully saturated rings. The summed E-state index contributed by atoms with van der Waals surface area (Å²) in [6, 6.07) is 0. The lowest BCUT2D eigenvalue weighted by Crippen LogP contribution is -2.51. The van der Waals surface area contributed by atoms with Crippen molar-refractivity contribution in [2.24, 2.45) is 5.92 Å². The van der Waals surface area contributed by atoms with Crippen molar-refractivity contribution in [3.05, 3.63) is 0 Å². The van der Waals surface area contributed by atoms with Gasteiger partial charge >= 0.3 is 6.09 Å². The minimum absolute atomic E-state index is 0.217. The summed E-state index contributed by atoms with van der Waals surface area (Å²) in [6.07, 6.45) is 1.96. The summed E-state index contributed by atoms with van der Waals surface area (Å²) in [5.41, 5.74) is 0. The van der Waals surface area contributed by atoms with Crippen molar-refractivity contribution in [3.63, 3.8) is 0 Å². The van der Waals surface area contributed by atoms with Crippen molar-refractivity contribution in [1.29, 1.82) is 0 Å². The molecule has 0 aliphatic carbocycles. The second-order valence-electron chi connectivity index (χ2n) is 6.62. The number of carbonyl (C=O) groups is 1. The molecule has 6 heteroatoms. The van der Waals surface area contributed by atoms with Crippen LogP contribution in [0, 0.1) is 5.92 Å².